The molecule has 1 aromatic heterocycles. The molecular formula is C19H22FN3O4. The van der Waals surface area contributed by atoms with Gasteiger partial charge in [-0.25, -0.2) is 19.0 Å². The van der Waals surface area contributed by atoms with Crippen LogP contribution in [-0.2, 0) is 23.2 Å². The Morgan fingerprint density at radius 3 is 2.19 bits per heavy atom. The molecule has 1 aromatic carbocycles. The van der Waals surface area contributed by atoms with Crippen molar-refractivity contribution < 1.29 is 24.2 Å². The van der Waals surface area contributed by atoms with E-state index in [-0.39, 0.29) is 5.82 Å². The third-order valence-electron chi connectivity index (χ3n) is 4.14. The molecule has 1 aliphatic rings. The van der Waals surface area contributed by atoms with E-state index in [9.17, 15) is 14.0 Å². The number of carboxylic acid groups (broad SMARTS) is 2. The SMILES string of the molecule is Cn1c(CN2CCCC2)cnc1-c1ccc(F)cc1.O=C(O)C=CC(=O)O. The molecule has 0 spiro atoms. The second-order valence-electron chi connectivity index (χ2n) is 6.13. The smallest absolute Gasteiger partial charge is 0.328 e. The van der Waals surface area contributed by atoms with Crippen LogP contribution in [0.2, 0.25) is 0 Å². The van der Waals surface area contributed by atoms with E-state index in [1.807, 2.05) is 13.2 Å². The standard InChI is InChI=1S/C15H18FN3.C4H4O4/c1-18-14(11-19-8-2-3-9-19)10-17-15(18)12-4-6-13(16)7-5-12;5-3(6)1-2-4(7)8/h4-7,10H,2-3,8-9,11H2,1H3;1-2H,(H,5,6)(H,7,8). The van der Waals surface area contributed by atoms with Crippen LogP contribution in [-0.4, -0.2) is 49.7 Å². The van der Waals surface area contributed by atoms with Crippen LogP contribution < -0.4 is 0 Å². The zero-order valence-electron chi connectivity index (χ0n) is 15.0. The van der Waals surface area contributed by atoms with Gasteiger partial charge in [-0.05, 0) is 50.2 Å². The predicted octanol–water partition coefficient (Wildman–Crippen LogP) is 2.53. The van der Waals surface area contributed by atoms with Crippen molar-refractivity contribution in [3.8, 4) is 11.4 Å². The number of imidazole rings is 1. The van der Waals surface area contributed by atoms with E-state index in [4.69, 9.17) is 10.2 Å². The van der Waals surface area contributed by atoms with Crippen LogP contribution in [0.25, 0.3) is 11.4 Å². The van der Waals surface area contributed by atoms with Gasteiger partial charge < -0.3 is 14.8 Å². The number of hydrogen-bond acceptors (Lipinski definition) is 4. The van der Waals surface area contributed by atoms with Gasteiger partial charge in [-0.3, -0.25) is 4.90 Å². The molecule has 1 fully saturated rings. The maximum absolute atomic E-state index is 12.9. The van der Waals surface area contributed by atoms with Gasteiger partial charge in [-0.15, -0.1) is 0 Å². The molecule has 8 heteroatoms. The monoisotopic (exact) mass is 375 g/mol. The fourth-order valence-corrected chi connectivity index (χ4v) is 2.77. The van der Waals surface area contributed by atoms with Crippen LogP contribution in [0.1, 0.15) is 18.5 Å². The molecule has 1 saturated heterocycles. The van der Waals surface area contributed by atoms with Gasteiger partial charge in [0.1, 0.15) is 11.6 Å². The Morgan fingerprint density at radius 1 is 1.11 bits per heavy atom. The van der Waals surface area contributed by atoms with E-state index in [2.05, 4.69) is 14.5 Å². The Hall–Kier alpha value is -3.00. The van der Waals surface area contributed by atoms with Gasteiger partial charge in [-0.1, -0.05) is 0 Å². The fraction of sp³-hybridized carbons (Fsp3) is 0.316. The lowest BCUT2D eigenvalue weighted by atomic mass is 10.2. The van der Waals surface area contributed by atoms with Crippen LogP contribution in [0.5, 0.6) is 0 Å². The highest BCUT2D eigenvalue weighted by Gasteiger charge is 2.15. The molecule has 3 rings (SSSR count). The summed E-state index contributed by atoms with van der Waals surface area (Å²) in [5.41, 5.74) is 2.16. The van der Waals surface area contributed by atoms with Gasteiger partial charge in [0.2, 0.25) is 0 Å². The summed E-state index contributed by atoms with van der Waals surface area (Å²) >= 11 is 0. The number of carboxylic acids is 2. The first-order valence-corrected chi connectivity index (χ1v) is 8.49. The second-order valence-corrected chi connectivity index (χ2v) is 6.13. The molecule has 0 unspecified atom stereocenters. The summed E-state index contributed by atoms with van der Waals surface area (Å²) in [7, 11) is 2.02. The van der Waals surface area contributed by atoms with Gasteiger partial charge in [0.15, 0.2) is 0 Å². The summed E-state index contributed by atoms with van der Waals surface area (Å²) in [6, 6.07) is 6.50. The Kier molecular flexibility index (Phi) is 7.25. The minimum absolute atomic E-state index is 0.213. The number of hydrogen-bond donors (Lipinski definition) is 2. The predicted molar refractivity (Wildman–Crippen MR) is 97.5 cm³/mol. The van der Waals surface area contributed by atoms with Gasteiger partial charge >= 0.3 is 11.9 Å². The lowest BCUT2D eigenvalue weighted by Gasteiger charge is -2.15. The molecule has 2 N–H and O–H groups in total. The van der Waals surface area contributed by atoms with Crippen molar-refractivity contribution in [3.05, 3.63) is 54.1 Å². The van der Waals surface area contributed by atoms with Crippen molar-refractivity contribution in [3.63, 3.8) is 0 Å². The molecule has 0 radical (unpaired) electrons. The normalized spacial score (nSPS) is 14.1. The summed E-state index contributed by atoms with van der Waals surface area (Å²) in [6.45, 7) is 3.30. The number of likely N-dealkylation sites (tertiary alicyclic amines) is 1. The molecule has 0 aliphatic carbocycles. The minimum atomic E-state index is -1.26. The topological polar surface area (TPSA) is 95.7 Å². The zero-order chi connectivity index (χ0) is 19.8. The number of aliphatic carboxylic acids is 2. The fourth-order valence-electron chi connectivity index (χ4n) is 2.77. The highest BCUT2D eigenvalue weighted by molar-refractivity contribution is 5.89. The average Bonchev–Trinajstić information content (AvgIpc) is 3.26. The van der Waals surface area contributed by atoms with Crippen LogP contribution in [0.15, 0.2) is 42.6 Å². The van der Waals surface area contributed by atoms with Crippen LogP contribution >= 0.6 is 0 Å². The van der Waals surface area contributed by atoms with Crippen LogP contribution in [0.3, 0.4) is 0 Å². The molecule has 0 bridgehead atoms. The summed E-state index contributed by atoms with van der Waals surface area (Å²) in [4.78, 5) is 26.0. The second kappa shape index (κ2) is 9.63. The maximum Gasteiger partial charge on any atom is 0.328 e. The summed E-state index contributed by atoms with van der Waals surface area (Å²) in [6.07, 6.45) is 5.63. The van der Waals surface area contributed by atoms with Crippen LogP contribution in [0.4, 0.5) is 4.39 Å². The van der Waals surface area contributed by atoms with E-state index in [1.165, 1.54) is 43.8 Å². The summed E-state index contributed by atoms with van der Waals surface area (Å²) < 4.78 is 15.0. The molecule has 144 valence electrons. The molecule has 27 heavy (non-hydrogen) atoms. The number of benzene rings is 1. The molecule has 0 atom stereocenters. The Morgan fingerprint density at radius 2 is 1.67 bits per heavy atom. The minimum Gasteiger partial charge on any atom is -0.478 e. The van der Waals surface area contributed by atoms with Gasteiger partial charge in [-0.2, -0.15) is 0 Å². The number of halogens is 1. The Bertz CT molecular complexity index is 793. The van der Waals surface area contributed by atoms with Crippen molar-refractivity contribution in [1.29, 1.82) is 0 Å². The van der Waals surface area contributed by atoms with Crippen molar-refractivity contribution in [2.45, 2.75) is 19.4 Å². The number of aromatic nitrogens is 2. The molecule has 0 amide bonds. The van der Waals surface area contributed by atoms with Crippen molar-refractivity contribution >= 4 is 11.9 Å². The number of nitrogens with zero attached hydrogens (tertiary/aromatic N) is 3. The first kappa shape index (κ1) is 20.3. The molecule has 7 nitrogen and oxygen atoms in total. The lowest BCUT2D eigenvalue weighted by Crippen LogP contribution is -2.20. The molecule has 1 aliphatic heterocycles. The number of rotatable bonds is 5. The van der Waals surface area contributed by atoms with Crippen LogP contribution in [0, 0.1) is 5.82 Å². The quantitative estimate of drug-likeness (QED) is 0.780. The number of carbonyl (C=O) groups is 2. The highest BCUT2D eigenvalue weighted by Crippen LogP contribution is 2.20. The third kappa shape index (κ3) is 6.34. The van der Waals surface area contributed by atoms with E-state index < -0.39 is 11.9 Å². The maximum atomic E-state index is 12.9. The summed E-state index contributed by atoms with van der Waals surface area (Å²) in [5.74, 6) is -1.83. The van der Waals surface area contributed by atoms with Crippen molar-refractivity contribution in [2.24, 2.45) is 7.05 Å². The average molecular weight is 375 g/mol. The highest BCUT2D eigenvalue weighted by atomic mass is 19.1. The van der Waals surface area contributed by atoms with Crippen molar-refractivity contribution in [2.75, 3.05) is 13.1 Å². The van der Waals surface area contributed by atoms with Gasteiger partial charge in [0.05, 0.1) is 11.9 Å². The molecular weight excluding hydrogens is 353 g/mol. The first-order chi connectivity index (χ1) is 12.9. The molecule has 2 heterocycles. The Balaban J connectivity index is 0.000000279. The third-order valence-corrected chi connectivity index (χ3v) is 4.14. The summed E-state index contributed by atoms with van der Waals surface area (Å²) in [5, 5.41) is 15.6. The van der Waals surface area contributed by atoms with E-state index in [0.29, 0.717) is 12.2 Å². The van der Waals surface area contributed by atoms with E-state index in [0.717, 1.165) is 17.9 Å². The zero-order valence-corrected chi connectivity index (χ0v) is 15.0. The Labute approximate surface area is 156 Å². The van der Waals surface area contributed by atoms with E-state index in [1.54, 1.807) is 12.1 Å². The molecule has 2 aromatic rings. The van der Waals surface area contributed by atoms with E-state index >= 15 is 0 Å². The van der Waals surface area contributed by atoms with Gasteiger partial charge in [0.25, 0.3) is 0 Å². The van der Waals surface area contributed by atoms with Gasteiger partial charge in [0, 0.05) is 31.3 Å². The van der Waals surface area contributed by atoms with Crippen molar-refractivity contribution in [1.82, 2.24) is 14.5 Å². The molecule has 0 saturated carbocycles. The first-order valence-electron chi connectivity index (χ1n) is 8.49. The largest absolute Gasteiger partial charge is 0.478 e. The lowest BCUT2D eigenvalue weighted by molar-refractivity contribution is -0.134.